The average Bonchev–Trinajstić information content (AvgIpc) is 1.82. The van der Waals surface area contributed by atoms with E-state index in [9.17, 15) is 4.79 Å². The van der Waals surface area contributed by atoms with E-state index in [1.54, 1.807) is 0 Å². The van der Waals surface area contributed by atoms with Gasteiger partial charge in [0.1, 0.15) is 0 Å². The third-order valence-electron chi connectivity index (χ3n) is 2.66. The highest BCUT2D eigenvalue weighted by Gasteiger charge is 2.29. The first kappa shape index (κ1) is 9.52. The van der Waals surface area contributed by atoms with Gasteiger partial charge >= 0.3 is 5.97 Å². The van der Waals surface area contributed by atoms with E-state index >= 15 is 0 Å². The monoisotopic (exact) mass is 171 g/mol. The van der Waals surface area contributed by atoms with Crippen LogP contribution >= 0.6 is 0 Å². The minimum atomic E-state index is -0.692. The van der Waals surface area contributed by atoms with Crippen molar-refractivity contribution in [3.05, 3.63) is 0 Å². The minimum Gasteiger partial charge on any atom is -0.481 e. The Morgan fingerprint density at radius 2 is 2.25 bits per heavy atom. The predicted molar refractivity (Wildman–Crippen MR) is 47.1 cm³/mol. The largest absolute Gasteiger partial charge is 0.481 e. The maximum atomic E-state index is 10.4. The Morgan fingerprint density at radius 1 is 1.67 bits per heavy atom. The number of aliphatic carboxylic acids is 1. The van der Waals surface area contributed by atoms with Crippen LogP contribution in [0.2, 0.25) is 0 Å². The van der Waals surface area contributed by atoms with Gasteiger partial charge in [-0.15, -0.1) is 0 Å². The standard InChI is InChI=1S/C9H17NO2/c1-3-8-5-10(6-8)7(2)4-9(11)12/h7-8H,3-6H2,1-2H3,(H,11,12). The van der Waals surface area contributed by atoms with Crippen LogP contribution in [0, 0.1) is 5.92 Å². The highest BCUT2D eigenvalue weighted by molar-refractivity contribution is 5.67. The van der Waals surface area contributed by atoms with Crippen LogP contribution in [0.15, 0.2) is 0 Å². The number of nitrogens with zero attached hydrogens (tertiary/aromatic N) is 1. The zero-order chi connectivity index (χ0) is 9.14. The Hall–Kier alpha value is -0.570. The Balaban J connectivity index is 2.19. The summed E-state index contributed by atoms with van der Waals surface area (Å²) < 4.78 is 0. The molecule has 1 heterocycles. The van der Waals surface area contributed by atoms with Gasteiger partial charge in [-0.1, -0.05) is 13.3 Å². The summed E-state index contributed by atoms with van der Waals surface area (Å²) in [6.45, 7) is 6.35. The molecule has 12 heavy (non-hydrogen) atoms. The maximum absolute atomic E-state index is 10.4. The fourth-order valence-electron chi connectivity index (χ4n) is 1.61. The molecular weight excluding hydrogens is 154 g/mol. The van der Waals surface area contributed by atoms with Crippen LogP contribution in [-0.2, 0) is 4.79 Å². The topological polar surface area (TPSA) is 40.5 Å². The van der Waals surface area contributed by atoms with Crippen molar-refractivity contribution in [2.45, 2.75) is 32.7 Å². The normalized spacial score (nSPS) is 21.8. The summed E-state index contributed by atoms with van der Waals surface area (Å²) >= 11 is 0. The van der Waals surface area contributed by atoms with Gasteiger partial charge in [-0.05, 0) is 12.8 Å². The molecule has 1 atom stereocenters. The molecule has 0 radical (unpaired) electrons. The van der Waals surface area contributed by atoms with Crippen molar-refractivity contribution < 1.29 is 9.90 Å². The maximum Gasteiger partial charge on any atom is 0.304 e. The quantitative estimate of drug-likeness (QED) is 0.690. The molecule has 1 aliphatic rings. The van der Waals surface area contributed by atoms with Gasteiger partial charge in [-0.25, -0.2) is 0 Å². The number of hydrogen-bond donors (Lipinski definition) is 1. The number of hydrogen-bond acceptors (Lipinski definition) is 2. The molecule has 70 valence electrons. The molecule has 1 fully saturated rings. The van der Waals surface area contributed by atoms with Crippen LogP contribution < -0.4 is 0 Å². The summed E-state index contributed by atoms with van der Waals surface area (Å²) in [5.41, 5.74) is 0. The molecule has 1 rings (SSSR count). The second-order valence-corrected chi connectivity index (χ2v) is 3.68. The fourth-order valence-corrected chi connectivity index (χ4v) is 1.61. The summed E-state index contributed by atoms with van der Waals surface area (Å²) in [7, 11) is 0. The van der Waals surface area contributed by atoms with Gasteiger partial charge in [0, 0.05) is 19.1 Å². The molecule has 1 N–H and O–H groups in total. The molecule has 0 bridgehead atoms. The van der Waals surface area contributed by atoms with E-state index in [1.165, 1.54) is 6.42 Å². The lowest BCUT2D eigenvalue weighted by Crippen LogP contribution is -2.51. The van der Waals surface area contributed by atoms with Crippen molar-refractivity contribution >= 4 is 5.97 Å². The van der Waals surface area contributed by atoms with Crippen LogP contribution in [0.25, 0.3) is 0 Å². The van der Waals surface area contributed by atoms with Crippen molar-refractivity contribution in [3.8, 4) is 0 Å². The molecule has 0 aromatic rings. The SMILES string of the molecule is CCC1CN(C(C)CC(=O)O)C1. The van der Waals surface area contributed by atoms with Crippen molar-refractivity contribution in [2.24, 2.45) is 5.92 Å². The van der Waals surface area contributed by atoms with Crippen molar-refractivity contribution in [1.29, 1.82) is 0 Å². The first-order valence-corrected chi connectivity index (χ1v) is 4.59. The first-order valence-electron chi connectivity index (χ1n) is 4.59. The van der Waals surface area contributed by atoms with Crippen LogP contribution in [0.1, 0.15) is 26.7 Å². The Bertz CT molecular complexity index is 164. The molecule has 0 aromatic carbocycles. The number of rotatable bonds is 4. The molecule has 0 spiro atoms. The van der Waals surface area contributed by atoms with Crippen LogP contribution in [-0.4, -0.2) is 35.1 Å². The molecule has 1 saturated heterocycles. The van der Waals surface area contributed by atoms with E-state index in [0.29, 0.717) is 0 Å². The summed E-state index contributed by atoms with van der Waals surface area (Å²) in [5, 5.41) is 8.55. The third-order valence-corrected chi connectivity index (χ3v) is 2.66. The van der Waals surface area contributed by atoms with Crippen LogP contribution in [0.4, 0.5) is 0 Å². The zero-order valence-electron chi connectivity index (χ0n) is 7.79. The molecule has 0 aromatic heterocycles. The second kappa shape index (κ2) is 3.90. The highest BCUT2D eigenvalue weighted by Crippen LogP contribution is 2.22. The lowest BCUT2D eigenvalue weighted by Gasteiger charge is -2.42. The molecule has 0 amide bonds. The fraction of sp³-hybridized carbons (Fsp3) is 0.889. The molecular formula is C9H17NO2. The molecule has 3 heteroatoms. The first-order chi connectivity index (χ1) is 5.63. The van der Waals surface area contributed by atoms with E-state index in [-0.39, 0.29) is 12.5 Å². The van der Waals surface area contributed by atoms with Gasteiger partial charge in [0.15, 0.2) is 0 Å². The Labute approximate surface area is 73.4 Å². The third kappa shape index (κ3) is 2.21. The van der Waals surface area contributed by atoms with E-state index < -0.39 is 5.97 Å². The Morgan fingerprint density at radius 3 is 2.67 bits per heavy atom. The second-order valence-electron chi connectivity index (χ2n) is 3.68. The van der Waals surface area contributed by atoms with Gasteiger partial charge in [0.25, 0.3) is 0 Å². The molecule has 0 aliphatic carbocycles. The molecule has 1 unspecified atom stereocenters. The molecule has 3 nitrogen and oxygen atoms in total. The smallest absolute Gasteiger partial charge is 0.304 e. The lowest BCUT2D eigenvalue weighted by molar-refractivity contribution is -0.139. The molecule has 0 saturated carbocycles. The van der Waals surface area contributed by atoms with Gasteiger partial charge in [-0.3, -0.25) is 9.69 Å². The van der Waals surface area contributed by atoms with Crippen molar-refractivity contribution in [3.63, 3.8) is 0 Å². The number of carboxylic acids is 1. The summed E-state index contributed by atoms with van der Waals surface area (Å²) in [6, 6.07) is 0.213. The zero-order valence-corrected chi connectivity index (χ0v) is 7.79. The van der Waals surface area contributed by atoms with Gasteiger partial charge in [0.2, 0.25) is 0 Å². The number of carbonyl (C=O) groups is 1. The van der Waals surface area contributed by atoms with E-state index in [0.717, 1.165) is 19.0 Å². The number of carboxylic acid groups (broad SMARTS) is 1. The Kier molecular flexibility index (Phi) is 3.09. The summed E-state index contributed by atoms with van der Waals surface area (Å²) in [6.07, 6.45) is 1.49. The van der Waals surface area contributed by atoms with Gasteiger partial charge < -0.3 is 5.11 Å². The van der Waals surface area contributed by atoms with Crippen molar-refractivity contribution in [2.75, 3.05) is 13.1 Å². The highest BCUT2D eigenvalue weighted by atomic mass is 16.4. The predicted octanol–water partition coefficient (Wildman–Crippen LogP) is 1.19. The molecule has 1 aliphatic heterocycles. The number of likely N-dealkylation sites (tertiary alicyclic amines) is 1. The van der Waals surface area contributed by atoms with Gasteiger partial charge in [-0.2, -0.15) is 0 Å². The van der Waals surface area contributed by atoms with Crippen LogP contribution in [0.3, 0.4) is 0 Å². The summed E-state index contributed by atoms with van der Waals surface area (Å²) in [5.74, 6) is 0.115. The van der Waals surface area contributed by atoms with Gasteiger partial charge in [0.05, 0.1) is 6.42 Å². The van der Waals surface area contributed by atoms with Crippen molar-refractivity contribution in [1.82, 2.24) is 4.90 Å². The van der Waals surface area contributed by atoms with E-state index in [1.807, 2.05) is 6.92 Å². The lowest BCUT2D eigenvalue weighted by atomic mass is 9.95. The summed E-state index contributed by atoms with van der Waals surface area (Å²) in [4.78, 5) is 12.6. The minimum absolute atomic E-state index is 0.213. The van der Waals surface area contributed by atoms with Crippen LogP contribution in [0.5, 0.6) is 0 Å². The van der Waals surface area contributed by atoms with E-state index in [2.05, 4.69) is 11.8 Å². The average molecular weight is 171 g/mol. The van der Waals surface area contributed by atoms with E-state index in [4.69, 9.17) is 5.11 Å².